The molecule has 1 nitrogen and oxygen atoms in total. The number of benzene rings is 2. The van der Waals surface area contributed by atoms with Crippen molar-refractivity contribution >= 4 is 0 Å². The zero-order valence-electron chi connectivity index (χ0n) is 9.56. The molecule has 0 saturated heterocycles. The Balaban J connectivity index is 2.09. The molecule has 0 spiro atoms. The van der Waals surface area contributed by atoms with Gasteiger partial charge in [-0.05, 0) is 24.5 Å². The van der Waals surface area contributed by atoms with Crippen LogP contribution >= 0.6 is 0 Å². The first-order chi connectivity index (χ1) is 7.75. The maximum Gasteiger partial charge on any atom is 0.0335 e. The summed E-state index contributed by atoms with van der Waals surface area (Å²) in [5.74, 6) is 0. The third kappa shape index (κ3) is 2.71. The van der Waals surface area contributed by atoms with E-state index in [1.165, 1.54) is 16.7 Å². The number of hydrogen-bond donors (Lipinski definition) is 1. The smallest absolute Gasteiger partial charge is 0.0335 e. The van der Waals surface area contributed by atoms with Crippen LogP contribution < -0.4 is 5.73 Å². The first-order valence-electron chi connectivity index (χ1n) is 5.62. The van der Waals surface area contributed by atoms with Crippen molar-refractivity contribution in [1.82, 2.24) is 0 Å². The highest BCUT2D eigenvalue weighted by molar-refractivity contribution is 5.26. The van der Waals surface area contributed by atoms with E-state index in [2.05, 4.69) is 55.5 Å². The Labute approximate surface area is 96.9 Å². The molecule has 0 amide bonds. The minimum absolute atomic E-state index is 0.0861. The maximum absolute atomic E-state index is 6.18. The molecule has 1 atom stereocenters. The summed E-state index contributed by atoms with van der Waals surface area (Å²) in [6, 6.07) is 18.9. The van der Waals surface area contributed by atoms with Gasteiger partial charge in [-0.25, -0.2) is 0 Å². The topological polar surface area (TPSA) is 26.0 Å². The Morgan fingerprint density at radius 2 is 1.56 bits per heavy atom. The highest BCUT2D eigenvalue weighted by Gasteiger charge is 2.06. The van der Waals surface area contributed by atoms with Crippen molar-refractivity contribution in [3.8, 4) is 0 Å². The van der Waals surface area contributed by atoms with Crippen molar-refractivity contribution in [1.29, 1.82) is 0 Å². The fraction of sp³-hybridized carbons (Fsp3) is 0.200. The largest absolute Gasteiger partial charge is 0.324 e. The molecule has 1 heteroatoms. The molecule has 0 heterocycles. The normalized spacial score (nSPS) is 12.4. The van der Waals surface area contributed by atoms with E-state index in [1.807, 2.05) is 6.07 Å². The predicted molar refractivity (Wildman–Crippen MR) is 68.3 cm³/mol. The van der Waals surface area contributed by atoms with Crippen LogP contribution in [-0.2, 0) is 6.42 Å². The fourth-order valence-electron chi connectivity index (χ4n) is 1.80. The predicted octanol–water partition coefficient (Wildman–Crippen LogP) is 3.24. The Kier molecular flexibility index (Phi) is 3.37. The second kappa shape index (κ2) is 4.95. The Morgan fingerprint density at radius 1 is 0.938 bits per heavy atom. The van der Waals surface area contributed by atoms with Gasteiger partial charge in [0.05, 0.1) is 0 Å². The number of nitrogens with two attached hydrogens (primary N) is 1. The van der Waals surface area contributed by atoms with Crippen LogP contribution in [-0.4, -0.2) is 0 Å². The van der Waals surface area contributed by atoms with Gasteiger partial charge in [0.1, 0.15) is 0 Å². The average Bonchev–Trinajstić information content (AvgIpc) is 2.31. The summed E-state index contributed by atoms with van der Waals surface area (Å²) in [5.41, 5.74) is 9.94. The summed E-state index contributed by atoms with van der Waals surface area (Å²) >= 11 is 0. The van der Waals surface area contributed by atoms with Gasteiger partial charge in [-0.15, -0.1) is 0 Å². The van der Waals surface area contributed by atoms with Gasteiger partial charge in [-0.2, -0.15) is 0 Å². The minimum Gasteiger partial charge on any atom is -0.324 e. The van der Waals surface area contributed by atoms with Crippen molar-refractivity contribution in [3.63, 3.8) is 0 Å². The molecular weight excluding hydrogens is 194 g/mol. The number of aryl methyl sites for hydroxylation is 1. The molecule has 0 saturated carbocycles. The van der Waals surface area contributed by atoms with Crippen LogP contribution in [0.1, 0.15) is 22.7 Å². The van der Waals surface area contributed by atoms with Gasteiger partial charge in [0.15, 0.2) is 0 Å². The Hall–Kier alpha value is -1.60. The highest BCUT2D eigenvalue weighted by Crippen LogP contribution is 2.16. The standard InChI is InChI=1S/C15H17N/c1-12-7-9-14(10-8-12)15(16)11-13-5-3-2-4-6-13/h2-10,15H,11,16H2,1H3. The van der Waals surface area contributed by atoms with Crippen LogP contribution in [0.4, 0.5) is 0 Å². The number of rotatable bonds is 3. The van der Waals surface area contributed by atoms with Crippen molar-refractivity contribution < 1.29 is 0 Å². The van der Waals surface area contributed by atoms with Crippen LogP contribution in [0.15, 0.2) is 54.6 Å². The van der Waals surface area contributed by atoms with Crippen LogP contribution in [0.2, 0.25) is 0 Å². The van der Waals surface area contributed by atoms with Crippen LogP contribution in [0.25, 0.3) is 0 Å². The van der Waals surface area contributed by atoms with Crippen LogP contribution in [0, 0.1) is 6.92 Å². The van der Waals surface area contributed by atoms with E-state index >= 15 is 0 Å². The first-order valence-corrected chi connectivity index (χ1v) is 5.62. The lowest BCUT2D eigenvalue weighted by Gasteiger charge is -2.12. The monoisotopic (exact) mass is 211 g/mol. The lowest BCUT2D eigenvalue weighted by Crippen LogP contribution is -2.13. The molecule has 0 aliphatic rings. The molecule has 16 heavy (non-hydrogen) atoms. The van der Waals surface area contributed by atoms with Crippen molar-refractivity contribution in [2.24, 2.45) is 5.73 Å². The minimum atomic E-state index is 0.0861. The third-order valence-corrected chi connectivity index (χ3v) is 2.80. The summed E-state index contributed by atoms with van der Waals surface area (Å²) in [4.78, 5) is 0. The van der Waals surface area contributed by atoms with E-state index in [0.717, 1.165) is 6.42 Å². The van der Waals surface area contributed by atoms with Gasteiger partial charge in [0.25, 0.3) is 0 Å². The summed E-state index contributed by atoms with van der Waals surface area (Å²) < 4.78 is 0. The zero-order chi connectivity index (χ0) is 11.4. The molecule has 0 aliphatic heterocycles. The molecule has 0 bridgehead atoms. The molecule has 0 aromatic heterocycles. The summed E-state index contributed by atoms with van der Waals surface area (Å²) in [6.45, 7) is 2.09. The van der Waals surface area contributed by atoms with Gasteiger partial charge in [0, 0.05) is 6.04 Å². The maximum atomic E-state index is 6.18. The zero-order valence-corrected chi connectivity index (χ0v) is 9.56. The molecule has 0 radical (unpaired) electrons. The SMILES string of the molecule is Cc1ccc(C(N)Cc2ccccc2)cc1. The molecule has 1 unspecified atom stereocenters. The van der Waals surface area contributed by atoms with Crippen molar-refractivity contribution in [2.45, 2.75) is 19.4 Å². The molecule has 82 valence electrons. The van der Waals surface area contributed by atoms with E-state index in [1.54, 1.807) is 0 Å². The third-order valence-electron chi connectivity index (χ3n) is 2.80. The second-order valence-electron chi connectivity index (χ2n) is 4.21. The molecule has 2 N–H and O–H groups in total. The molecule has 2 aromatic rings. The van der Waals surface area contributed by atoms with Gasteiger partial charge in [-0.3, -0.25) is 0 Å². The Morgan fingerprint density at radius 3 is 2.19 bits per heavy atom. The highest BCUT2D eigenvalue weighted by atomic mass is 14.6. The summed E-state index contributed by atoms with van der Waals surface area (Å²) in [6.07, 6.45) is 0.893. The van der Waals surface area contributed by atoms with Gasteiger partial charge in [0.2, 0.25) is 0 Å². The molecular formula is C15H17N. The Bertz CT molecular complexity index is 431. The van der Waals surface area contributed by atoms with Crippen molar-refractivity contribution in [3.05, 3.63) is 71.3 Å². The van der Waals surface area contributed by atoms with E-state index in [4.69, 9.17) is 5.73 Å². The van der Waals surface area contributed by atoms with E-state index in [0.29, 0.717) is 0 Å². The van der Waals surface area contributed by atoms with Crippen molar-refractivity contribution in [2.75, 3.05) is 0 Å². The lowest BCUT2D eigenvalue weighted by molar-refractivity contribution is 0.722. The van der Waals surface area contributed by atoms with Gasteiger partial charge >= 0.3 is 0 Å². The molecule has 2 aromatic carbocycles. The van der Waals surface area contributed by atoms with E-state index < -0.39 is 0 Å². The van der Waals surface area contributed by atoms with Gasteiger partial charge in [-0.1, -0.05) is 60.2 Å². The van der Waals surface area contributed by atoms with Crippen LogP contribution in [0.5, 0.6) is 0 Å². The first kappa shape index (κ1) is 10.9. The number of hydrogen-bond acceptors (Lipinski definition) is 1. The molecule has 0 fully saturated rings. The quantitative estimate of drug-likeness (QED) is 0.828. The molecule has 2 rings (SSSR count). The average molecular weight is 211 g/mol. The van der Waals surface area contributed by atoms with E-state index in [-0.39, 0.29) is 6.04 Å². The van der Waals surface area contributed by atoms with E-state index in [9.17, 15) is 0 Å². The van der Waals surface area contributed by atoms with Gasteiger partial charge < -0.3 is 5.73 Å². The molecule has 0 aliphatic carbocycles. The summed E-state index contributed by atoms with van der Waals surface area (Å²) in [7, 11) is 0. The van der Waals surface area contributed by atoms with Crippen LogP contribution in [0.3, 0.4) is 0 Å². The fourth-order valence-corrected chi connectivity index (χ4v) is 1.80. The lowest BCUT2D eigenvalue weighted by atomic mass is 9.99. The second-order valence-corrected chi connectivity index (χ2v) is 4.21. The summed E-state index contributed by atoms with van der Waals surface area (Å²) in [5, 5.41) is 0.